The Balaban J connectivity index is 1.00. The molecule has 0 spiro atoms. The third-order valence-electron chi connectivity index (χ3n) is 12.1. The fraction of sp³-hybridized carbons (Fsp3) is 0.579. The lowest BCUT2D eigenvalue weighted by atomic mass is 9.95. The molecule has 7 rings (SSSR count). The Morgan fingerprint density at radius 3 is 2.24 bits per heavy atom. The zero-order chi connectivity index (χ0) is 39.0. The molecule has 4 amide bonds. The van der Waals surface area contributed by atoms with Crippen LogP contribution in [0.25, 0.3) is 0 Å². The maximum Gasteiger partial charge on any atom is 0.418 e. The van der Waals surface area contributed by atoms with Crippen molar-refractivity contribution in [2.45, 2.75) is 87.8 Å². The molecule has 5 heterocycles. The number of carboxylic acid groups (broad SMARTS) is 1. The summed E-state index contributed by atoms with van der Waals surface area (Å²) in [6, 6.07) is 10.1. The van der Waals surface area contributed by atoms with Crippen molar-refractivity contribution in [3.8, 4) is 0 Å². The Hall–Kier alpha value is -4.28. The van der Waals surface area contributed by atoms with Gasteiger partial charge in [0.1, 0.15) is 0 Å². The van der Waals surface area contributed by atoms with Crippen LogP contribution in [0.2, 0.25) is 5.02 Å². The van der Waals surface area contributed by atoms with Crippen LogP contribution in [0, 0.1) is 0 Å². The number of alkyl halides is 3. The average Bonchev–Trinajstić information content (AvgIpc) is 3.29. The molecule has 0 saturated carbocycles. The molecule has 3 unspecified atom stereocenters. The SMILES string of the molecule is Nc1c(Cl)cc(CC(OC(=O)N2CCC(N3CCc4ccccc4NC3=O)CC2)C(=O)N2CCN(C3CC4CC[C@H](C3)N4CC(=O)O)CC2)cc1C(F)(F)F. The molecule has 2 bridgehead atoms. The highest BCUT2D eigenvalue weighted by Gasteiger charge is 2.44. The number of carboxylic acids is 1. The number of nitrogens with one attached hydrogen (secondary N) is 1. The summed E-state index contributed by atoms with van der Waals surface area (Å²) in [7, 11) is 0. The number of piperidine rings is 2. The number of piperazine rings is 1. The molecule has 2 aromatic rings. The second-order valence-corrected chi connectivity index (χ2v) is 15.7. The number of fused-ring (bicyclic) bond motifs is 3. The first-order chi connectivity index (χ1) is 26.2. The van der Waals surface area contributed by atoms with E-state index >= 15 is 0 Å². The van der Waals surface area contributed by atoms with Gasteiger partial charge < -0.3 is 35.6 Å². The predicted molar refractivity (Wildman–Crippen MR) is 198 cm³/mol. The highest BCUT2D eigenvalue weighted by atomic mass is 35.5. The van der Waals surface area contributed by atoms with E-state index in [4.69, 9.17) is 22.1 Å². The number of anilines is 2. The Bertz CT molecular complexity index is 1770. The van der Waals surface area contributed by atoms with Gasteiger partial charge in [-0.3, -0.25) is 19.4 Å². The fourth-order valence-electron chi connectivity index (χ4n) is 9.18. The number of nitrogens with two attached hydrogens (primary N) is 1. The Labute approximate surface area is 322 Å². The van der Waals surface area contributed by atoms with Crippen molar-refractivity contribution in [3.63, 3.8) is 0 Å². The molecule has 4 atom stereocenters. The summed E-state index contributed by atoms with van der Waals surface area (Å²) in [6.07, 6.45) is -2.04. The average molecular weight is 790 g/mol. The molecule has 298 valence electrons. The van der Waals surface area contributed by atoms with Crippen LogP contribution in [-0.2, 0) is 33.3 Å². The molecule has 0 aliphatic carbocycles. The summed E-state index contributed by atoms with van der Waals surface area (Å²) in [5.74, 6) is -1.34. The van der Waals surface area contributed by atoms with Gasteiger partial charge in [-0.1, -0.05) is 29.8 Å². The number of amides is 4. The zero-order valence-electron chi connectivity index (χ0n) is 30.5. The highest BCUT2D eigenvalue weighted by Crippen LogP contribution is 2.39. The van der Waals surface area contributed by atoms with Crippen LogP contribution in [-0.4, -0.2) is 136 Å². The molecule has 5 aliphatic heterocycles. The van der Waals surface area contributed by atoms with Crippen LogP contribution >= 0.6 is 11.6 Å². The number of ether oxygens (including phenoxy) is 1. The number of aliphatic carboxylic acids is 1. The molecular formula is C38H47ClF3N7O6. The minimum atomic E-state index is -4.79. The van der Waals surface area contributed by atoms with Crippen LogP contribution in [0.15, 0.2) is 36.4 Å². The van der Waals surface area contributed by atoms with E-state index in [9.17, 15) is 37.5 Å². The molecule has 17 heteroatoms. The monoisotopic (exact) mass is 789 g/mol. The summed E-state index contributed by atoms with van der Waals surface area (Å²) in [5.41, 5.74) is 5.79. The van der Waals surface area contributed by atoms with Crippen LogP contribution in [0.4, 0.5) is 34.1 Å². The van der Waals surface area contributed by atoms with Crippen molar-refractivity contribution in [3.05, 3.63) is 58.1 Å². The molecule has 5 aliphatic rings. The van der Waals surface area contributed by atoms with Crippen molar-refractivity contribution < 1.29 is 42.2 Å². The van der Waals surface area contributed by atoms with Gasteiger partial charge in [-0.05, 0) is 74.3 Å². The van der Waals surface area contributed by atoms with Gasteiger partial charge in [0.15, 0.2) is 6.10 Å². The minimum Gasteiger partial charge on any atom is -0.480 e. The number of carbonyl (C=O) groups excluding carboxylic acids is 3. The number of urea groups is 1. The Morgan fingerprint density at radius 2 is 1.58 bits per heavy atom. The molecule has 0 aromatic heterocycles. The summed E-state index contributed by atoms with van der Waals surface area (Å²) in [5, 5.41) is 12.0. The third-order valence-corrected chi connectivity index (χ3v) is 12.4. The van der Waals surface area contributed by atoms with Crippen molar-refractivity contribution >= 4 is 47.0 Å². The summed E-state index contributed by atoms with van der Waals surface area (Å²) in [4.78, 5) is 61.6. The first kappa shape index (κ1) is 39.0. The molecule has 55 heavy (non-hydrogen) atoms. The van der Waals surface area contributed by atoms with Crippen molar-refractivity contribution in [2.75, 3.05) is 63.4 Å². The van der Waals surface area contributed by atoms with Gasteiger partial charge in [-0.25, -0.2) is 9.59 Å². The first-order valence-electron chi connectivity index (χ1n) is 19.0. The van der Waals surface area contributed by atoms with Crippen LogP contribution < -0.4 is 11.1 Å². The maximum absolute atomic E-state index is 14.1. The second kappa shape index (κ2) is 16.1. The number of para-hydroxylation sites is 1. The second-order valence-electron chi connectivity index (χ2n) is 15.3. The Morgan fingerprint density at radius 1 is 0.909 bits per heavy atom. The highest BCUT2D eigenvalue weighted by molar-refractivity contribution is 6.33. The van der Waals surface area contributed by atoms with E-state index in [1.54, 1.807) is 9.80 Å². The van der Waals surface area contributed by atoms with E-state index < -0.39 is 41.5 Å². The largest absolute Gasteiger partial charge is 0.480 e. The van der Waals surface area contributed by atoms with Crippen LogP contribution in [0.3, 0.4) is 0 Å². The van der Waals surface area contributed by atoms with E-state index in [0.717, 1.165) is 43.0 Å². The number of likely N-dealkylation sites (tertiary alicyclic amines) is 1. The number of halogens is 4. The van der Waals surface area contributed by atoms with Crippen molar-refractivity contribution in [1.29, 1.82) is 0 Å². The summed E-state index contributed by atoms with van der Waals surface area (Å²) in [6.45, 7) is 2.88. The zero-order valence-corrected chi connectivity index (χ0v) is 31.2. The van der Waals surface area contributed by atoms with Crippen LogP contribution in [0.5, 0.6) is 0 Å². The fourth-order valence-corrected chi connectivity index (χ4v) is 9.43. The predicted octanol–water partition coefficient (Wildman–Crippen LogP) is 4.77. The van der Waals surface area contributed by atoms with E-state index in [1.165, 1.54) is 11.0 Å². The third kappa shape index (κ3) is 8.60. The van der Waals surface area contributed by atoms with E-state index in [1.807, 2.05) is 24.3 Å². The van der Waals surface area contributed by atoms with Gasteiger partial charge in [0.2, 0.25) is 0 Å². The van der Waals surface area contributed by atoms with Crippen LogP contribution in [0.1, 0.15) is 55.2 Å². The normalized spacial score (nSPS) is 24.5. The number of nitrogens with zero attached hydrogens (tertiary/aromatic N) is 5. The van der Waals surface area contributed by atoms with E-state index in [2.05, 4.69) is 15.1 Å². The molecular weight excluding hydrogens is 743 g/mol. The van der Waals surface area contributed by atoms with Crippen molar-refractivity contribution in [2.24, 2.45) is 0 Å². The van der Waals surface area contributed by atoms with E-state index in [0.29, 0.717) is 52.0 Å². The smallest absolute Gasteiger partial charge is 0.418 e. The number of rotatable bonds is 8. The number of carbonyl (C=O) groups is 4. The first-order valence-corrected chi connectivity index (χ1v) is 19.4. The quantitative estimate of drug-likeness (QED) is 0.322. The standard InChI is InChI=1S/C38H47ClF3N7O6/c39-30-18-23(17-29(34(30)43)38(40,41)42)19-32(35(52)46-15-13-45(14-16-46)28-20-26-5-6-27(21-28)49(26)22-33(50)51)55-37(54)47-10-8-25(9-11-47)48-12-7-24-3-1-2-4-31(24)44-36(48)53/h1-4,17-18,25-28,32H,5-16,19-22,43H2,(H,44,53)(H,50,51)/t26-,27?,28?,32?/m1/s1. The molecule has 4 saturated heterocycles. The molecule has 13 nitrogen and oxygen atoms in total. The van der Waals surface area contributed by atoms with E-state index in [-0.39, 0.29) is 66.8 Å². The molecule has 0 radical (unpaired) electrons. The van der Waals surface area contributed by atoms with Gasteiger partial charge in [0.05, 0.1) is 22.8 Å². The molecule has 4 N–H and O–H groups in total. The summed E-state index contributed by atoms with van der Waals surface area (Å²) < 4.78 is 47.5. The lowest BCUT2D eigenvalue weighted by molar-refractivity contribution is -0.143. The van der Waals surface area contributed by atoms with Crippen molar-refractivity contribution in [1.82, 2.24) is 24.5 Å². The molecule has 4 fully saturated rings. The molecule has 2 aromatic carbocycles. The minimum absolute atomic E-state index is 0.0387. The van der Waals surface area contributed by atoms with Gasteiger partial charge in [-0.2, -0.15) is 13.2 Å². The maximum atomic E-state index is 14.1. The van der Waals surface area contributed by atoms with Gasteiger partial charge in [0, 0.05) is 82.1 Å². The Kier molecular flexibility index (Phi) is 11.4. The number of hydrogen-bond donors (Lipinski definition) is 3. The summed E-state index contributed by atoms with van der Waals surface area (Å²) >= 11 is 6.13. The van der Waals surface area contributed by atoms with Gasteiger partial charge >= 0.3 is 24.3 Å². The lowest BCUT2D eigenvalue weighted by Crippen LogP contribution is -2.58. The number of nitrogen functional groups attached to an aromatic ring is 1. The lowest BCUT2D eigenvalue weighted by Gasteiger charge is -2.45. The number of benzene rings is 2. The topological polar surface area (TPSA) is 152 Å². The van der Waals surface area contributed by atoms with Gasteiger partial charge in [0.25, 0.3) is 5.91 Å². The van der Waals surface area contributed by atoms with Gasteiger partial charge in [-0.15, -0.1) is 0 Å². The number of hydrogen-bond acceptors (Lipinski definition) is 8.